The lowest BCUT2D eigenvalue weighted by molar-refractivity contribution is 0.420. The van der Waals surface area contributed by atoms with Crippen molar-refractivity contribution in [2.45, 2.75) is 51.4 Å². The number of aromatic amines is 1. The van der Waals surface area contributed by atoms with Gasteiger partial charge in [0.15, 0.2) is 5.16 Å². The number of rotatable bonds is 7. The van der Waals surface area contributed by atoms with E-state index in [9.17, 15) is 4.79 Å². The molecule has 18 heavy (non-hydrogen) atoms. The van der Waals surface area contributed by atoms with Crippen molar-refractivity contribution < 1.29 is 0 Å². The molecule has 0 aliphatic rings. The maximum atomic E-state index is 11.6. The van der Waals surface area contributed by atoms with E-state index >= 15 is 0 Å². The van der Waals surface area contributed by atoms with Crippen LogP contribution in [0.1, 0.15) is 40.2 Å². The van der Waals surface area contributed by atoms with Crippen molar-refractivity contribution in [3.63, 3.8) is 0 Å². The molecule has 0 aliphatic carbocycles. The van der Waals surface area contributed by atoms with E-state index in [1.807, 2.05) is 20.9 Å². The van der Waals surface area contributed by atoms with Crippen molar-refractivity contribution in [1.29, 1.82) is 0 Å². The largest absolute Gasteiger partial charge is 0.344 e. The van der Waals surface area contributed by atoms with E-state index < -0.39 is 0 Å². The zero-order valence-electron chi connectivity index (χ0n) is 11.9. The summed E-state index contributed by atoms with van der Waals surface area (Å²) in [7, 11) is 1.98. The van der Waals surface area contributed by atoms with Crippen LogP contribution in [0.4, 0.5) is 0 Å². The number of nitrogens with one attached hydrogen (secondary N) is 2. The van der Waals surface area contributed by atoms with Crippen LogP contribution in [0.15, 0.2) is 9.95 Å². The first-order chi connectivity index (χ1) is 8.51. The van der Waals surface area contributed by atoms with Gasteiger partial charge in [0.2, 0.25) is 0 Å². The molecule has 6 heteroatoms. The Morgan fingerprint density at radius 2 is 2.11 bits per heavy atom. The summed E-state index contributed by atoms with van der Waals surface area (Å²) in [5.41, 5.74) is -0.128. The fourth-order valence-electron chi connectivity index (χ4n) is 1.83. The van der Waals surface area contributed by atoms with Gasteiger partial charge in [-0.05, 0) is 26.8 Å². The first kappa shape index (κ1) is 15.3. The minimum atomic E-state index is -0.128. The Labute approximate surface area is 113 Å². The third kappa shape index (κ3) is 3.62. The summed E-state index contributed by atoms with van der Waals surface area (Å²) in [4.78, 5) is 11.6. The Morgan fingerprint density at radius 1 is 1.44 bits per heavy atom. The van der Waals surface area contributed by atoms with Gasteiger partial charge in [-0.25, -0.2) is 9.89 Å². The average molecular weight is 272 g/mol. The molecule has 2 unspecified atom stereocenters. The van der Waals surface area contributed by atoms with Gasteiger partial charge in [0.05, 0.1) is 0 Å². The second kappa shape index (κ2) is 6.99. The van der Waals surface area contributed by atoms with Gasteiger partial charge in [0.25, 0.3) is 0 Å². The first-order valence-corrected chi connectivity index (χ1v) is 7.46. The van der Waals surface area contributed by atoms with Crippen LogP contribution in [-0.2, 0) is 0 Å². The summed E-state index contributed by atoms with van der Waals surface area (Å²) in [5, 5.41) is 10.7. The van der Waals surface area contributed by atoms with Crippen molar-refractivity contribution in [3.05, 3.63) is 10.5 Å². The molecule has 104 valence electrons. The first-order valence-electron chi connectivity index (χ1n) is 6.48. The van der Waals surface area contributed by atoms with Crippen molar-refractivity contribution in [3.8, 4) is 0 Å². The van der Waals surface area contributed by atoms with E-state index in [4.69, 9.17) is 0 Å². The summed E-state index contributed by atoms with van der Waals surface area (Å²) in [5.74, 6) is 1.53. The zero-order chi connectivity index (χ0) is 13.7. The Hall–Kier alpha value is -0.750. The molecule has 0 saturated heterocycles. The van der Waals surface area contributed by atoms with E-state index in [0.29, 0.717) is 12.0 Å². The van der Waals surface area contributed by atoms with Crippen LogP contribution in [0.25, 0.3) is 0 Å². The van der Waals surface area contributed by atoms with Gasteiger partial charge in [-0.3, -0.25) is 4.57 Å². The van der Waals surface area contributed by atoms with E-state index in [1.165, 1.54) is 0 Å². The number of nitrogens with zero attached hydrogens (tertiary/aromatic N) is 2. The predicted octanol–water partition coefficient (Wildman–Crippen LogP) is 1.88. The zero-order valence-corrected chi connectivity index (χ0v) is 12.7. The Balaban J connectivity index is 2.71. The van der Waals surface area contributed by atoms with Crippen LogP contribution >= 0.6 is 11.8 Å². The molecular weight excluding hydrogens is 248 g/mol. The average Bonchev–Trinajstić information content (AvgIpc) is 2.71. The standard InChI is InChI=1S/C12H24N4OS/c1-6-9(4)10(13-5)7-18-12-15-14-11(17)16(12)8(2)3/h8-10,13H,6-7H2,1-5H3,(H,14,17). The second-order valence-electron chi connectivity index (χ2n) is 4.87. The lowest BCUT2D eigenvalue weighted by Crippen LogP contribution is -2.34. The van der Waals surface area contributed by atoms with E-state index in [2.05, 4.69) is 29.4 Å². The topological polar surface area (TPSA) is 62.7 Å². The molecule has 0 bridgehead atoms. The molecule has 0 radical (unpaired) electrons. The van der Waals surface area contributed by atoms with Gasteiger partial charge < -0.3 is 5.32 Å². The SMILES string of the molecule is CCC(C)C(CSc1n[nH]c(=O)n1C(C)C)NC. The molecule has 0 amide bonds. The number of hydrogen-bond donors (Lipinski definition) is 2. The van der Waals surface area contributed by atoms with Crippen molar-refractivity contribution in [1.82, 2.24) is 20.1 Å². The molecule has 2 N–H and O–H groups in total. The van der Waals surface area contributed by atoms with Gasteiger partial charge in [-0.1, -0.05) is 32.0 Å². The highest BCUT2D eigenvalue weighted by Gasteiger charge is 2.17. The van der Waals surface area contributed by atoms with Gasteiger partial charge in [0, 0.05) is 17.8 Å². The summed E-state index contributed by atoms with van der Waals surface area (Å²) in [6.45, 7) is 8.41. The Kier molecular flexibility index (Phi) is 5.95. The van der Waals surface area contributed by atoms with E-state index in [0.717, 1.165) is 17.3 Å². The molecule has 1 aromatic heterocycles. The smallest absolute Gasteiger partial charge is 0.316 e. The molecule has 1 aromatic rings. The monoisotopic (exact) mass is 272 g/mol. The van der Waals surface area contributed by atoms with Crippen molar-refractivity contribution in [2.75, 3.05) is 12.8 Å². The highest BCUT2D eigenvalue weighted by molar-refractivity contribution is 7.99. The Morgan fingerprint density at radius 3 is 2.61 bits per heavy atom. The van der Waals surface area contributed by atoms with Crippen LogP contribution < -0.4 is 11.0 Å². The normalized spacial score (nSPS) is 15.0. The molecule has 1 heterocycles. The number of thioether (sulfide) groups is 1. The lowest BCUT2D eigenvalue weighted by Gasteiger charge is -2.21. The number of aromatic nitrogens is 3. The van der Waals surface area contributed by atoms with Gasteiger partial charge in [0.1, 0.15) is 0 Å². The molecule has 2 atom stereocenters. The van der Waals surface area contributed by atoms with Crippen LogP contribution in [0.5, 0.6) is 0 Å². The summed E-state index contributed by atoms with van der Waals surface area (Å²) in [6.07, 6.45) is 1.14. The van der Waals surface area contributed by atoms with E-state index in [1.54, 1.807) is 16.3 Å². The molecule has 0 fully saturated rings. The number of H-pyrrole nitrogens is 1. The number of hydrogen-bond acceptors (Lipinski definition) is 4. The molecule has 0 aromatic carbocycles. The third-order valence-electron chi connectivity index (χ3n) is 3.28. The highest BCUT2D eigenvalue weighted by Crippen LogP contribution is 2.20. The maximum Gasteiger partial charge on any atom is 0.344 e. The Bertz CT molecular complexity index is 412. The fraction of sp³-hybridized carbons (Fsp3) is 0.833. The summed E-state index contributed by atoms with van der Waals surface area (Å²) >= 11 is 1.63. The minimum absolute atomic E-state index is 0.128. The van der Waals surface area contributed by atoms with Gasteiger partial charge in [-0.15, -0.1) is 5.10 Å². The quantitative estimate of drug-likeness (QED) is 0.744. The van der Waals surface area contributed by atoms with E-state index in [-0.39, 0.29) is 11.7 Å². The van der Waals surface area contributed by atoms with Crippen molar-refractivity contribution >= 4 is 11.8 Å². The second-order valence-corrected chi connectivity index (χ2v) is 5.85. The maximum absolute atomic E-state index is 11.6. The molecule has 0 spiro atoms. The predicted molar refractivity (Wildman–Crippen MR) is 76.3 cm³/mol. The molecular formula is C12H24N4OS. The lowest BCUT2D eigenvalue weighted by atomic mass is 10.0. The highest BCUT2D eigenvalue weighted by atomic mass is 32.2. The summed E-state index contributed by atoms with van der Waals surface area (Å²) in [6, 6.07) is 0.572. The fourth-order valence-corrected chi connectivity index (χ4v) is 3.20. The van der Waals surface area contributed by atoms with Gasteiger partial charge >= 0.3 is 5.69 Å². The third-order valence-corrected chi connectivity index (χ3v) is 4.35. The molecule has 0 saturated carbocycles. The van der Waals surface area contributed by atoms with Crippen LogP contribution in [0, 0.1) is 5.92 Å². The van der Waals surface area contributed by atoms with Crippen molar-refractivity contribution in [2.24, 2.45) is 5.92 Å². The van der Waals surface area contributed by atoms with Crippen LogP contribution in [0.3, 0.4) is 0 Å². The molecule has 5 nitrogen and oxygen atoms in total. The van der Waals surface area contributed by atoms with Gasteiger partial charge in [-0.2, -0.15) is 0 Å². The summed E-state index contributed by atoms with van der Waals surface area (Å²) < 4.78 is 1.70. The molecule has 0 aliphatic heterocycles. The minimum Gasteiger partial charge on any atom is -0.316 e. The van der Waals surface area contributed by atoms with Crippen LogP contribution in [-0.4, -0.2) is 33.6 Å². The van der Waals surface area contributed by atoms with Crippen LogP contribution in [0.2, 0.25) is 0 Å². The molecule has 1 rings (SSSR count).